The number of hydrogen-bond donors (Lipinski definition) is 0. The van der Waals surface area contributed by atoms with Crippen molar-refractivity contribution in [3.63, 3.8) is 0 Å². The van der Waals surface area contributed by atoms with Gasteiger partial charge in [0.15, 0.2) is 0 Å². The van der Waals surface area contributed by atoms with E-state index in [4.69, 9.17) is 4.74 Å². The quantitative estimate of drug-likeness (QED) is 0.852. The summed E-state index contributed by atoms with van der Waals surface area (Å²) in [4.78, 5) is 6.66. The van der Waals surface area contributed by atoms with E-state index < -0.39 is 0 Å². The average Bonchev–Trinajstić information content (AvgIpc) is 2.86. The summed E-state index contributed by atoms with van der Waals surface area (Å²) in [5.74, 6) is -0.249. The van der Waals surface area contributed by atoms with Crippen molar-refractivity contribution in [2.24, 2.45) is 0 Å². The molecular formula is C15H16BrFN2O. The molecule has 1 aliphatic heterocycles. The van der Waals surface area contributed by atoms with E-state index in [1.54, 1.807) is 19.4 Å². The van der Waals surface area contributed by atoms with Gasteiger partial charge in [0.1, 0.15) is 5.82 Å². The molecule has 20 heavy (non-hydrogen) atoms. The van der Waals surface area contributed by atoms with E-state index in [-0.39, 0.29) is 5.82 Å². The summed E-state index contributed by atoms with van der Waals surface area (Å²) in [7, 11) is 1.72. The summed E-state index contributed by atoms with van der Waals surface area (Å²) in [6.45, 7) is 1.67. The second-order valence-electron chi connectivity index (χ2n) is 5.06. The van der Waals surface area contributed by atoms with Crippen LogP contribution < -0.4 is 4.90 Å². The van der Waals surface area contributed by atoms with Gasteiger partial charge in [0.05, 0.1) is 18.2 Å². The fourth-order valence-electron chi connectivity index (χ4n) is 2.93. The Morgan fingerprint density at radius 3 is 3.15 bits per heavy atom. The zero-order valence-corrected chi connectivity index (χ0v) is 12.9. The minimum absolute atomic E-state index is 0.249. The number of methoxy groups -OCH3 is 1. The molecule has 106 valence electrons. The highest BCUT2D eigenvalue weighted by molar-refractivity contribution is 9.10. The number of halogens is 2. The summed E-state index contributed by atoms with van der Waals surface area (Å²) in [6.07, 6.45) is 4.02. The number of ether oxygens (including phenoxy) is 1. The molecule has 1 fully saturated rings. The lowest BCUT2D eigenvalue weighted by atomic mass is 10.1. The van der Waals surface area contributed by atoms with Crippen LogP contribution in [0.1, 0.15) is 12.8 Å². The number of hydrogen-bond acceptors (Lipinski definition) is 3. The third-order valence-corrected chi connectivity index (χ3v) is 4.39. The number of anilines is 1. The summed E-state index contributed by atoms with van der Waals surface area (Å²) < 4.78 is 19.7. The lowest BCUT2D eigenvalue weighted by Crippen LogP contribution is -2.32. The zero-order valence-electron chi connectivity index (χ0n) is 11.3. The molecule has 2 heterocycles. The van der Waals surface area contributed by atoms with Gasteiger partial charge in [-0.15, -0.1) is 0 Å². The Labute approximate surface area is 125 Å². The maximum atomic E-state index is 13.7. The van der Waals surface area contributed by atoms with E-state index in [2.05, 4.69) is 25.8 Å². The Kier molecular flexibility index (Phi) is 3.89. The predicted octanol–water partition coefficient (Wildman–Crippen LogP) is 3.75. The lowest BCUT2D eigenvalue weighted by molar-refractivity contribution is 0.181. The average molecular weight is 339 g/mol. The van der Waals surface area contributed by atoms with Crippen molar-refractivity contribution in [3.8, 4) is 0 Å². The second-order valence-corrected chi connectivity index (χ2v) is 5.91. The third kappa shape index (κ3) is 2.40. The monoisotopic (exact) mass is 338 g/mol. The van der Waals surface area contributed by atoms with Gasteiger partial charge in [-0.25, -0.2) is 4.39 Å². The Hall–Kier alpha value is -1.20. The summed E-state index contributed by atoms with van der Waals surface area (Å²) in [5, 5.41) is 0.849. The predicted molar refractivity (Wildman–Crippen MR) is 81.6 cm³/mol. The summed E-state index contributed by atoms with van der Waals surface area (Å²) >= 11 is 3.39. The Morgan fingerprint density at radius 1 is 1.50 bits per heavy atom. The molecule has 3 nitrogen and oxygen atoms in total. The van der Waals surface area contributed by atoms with Crippen molar-refractivity contribution in [2.75, 3.05) is 25.2 Å². The minimum atomic E-state index is -0.249. The van der Waals surface area contributed by atoms with Crippen LogP contribution >= 0.6 is 15.9 Å². The van der Waals surface area contributed by atoms with E-state index in [9.17, 15) is 4.39 Å². The van der Waals surface area contributed by atoms with Crippen LogP contribution in [0.2, 0.25) is 0 Å². The molecule has 0 bridgehead atoms. The first-order valence-corrected chi connectivity index (χ1v) is 7.49. The van der Waals surface area contributed by atoms with Crippen molar-refractivity contribution in [1.82, 2.24) is 4.98 Å². The standard InChI is InChI=1S/C15H16BrFN2O/c1-20-9-11-3-2-6-19(11)14-4-5-18-15-12(14)7-10(17)8-13(15)16/h4-5,7-8,11H,2-3,6,9H2,1H3/t11-/m0/s1. The number of fused-ring (bicyclic) bond motifs is 1. The molecule has 0 aliphatic carbocycles. The first kappa shape index (κ1) is 13.8. The fourth-order valence-corrected chi connectivity index (χ4v) is 3.47. The highest BCUT2D eigenvalue weighted by Gasteiger charge is 2.26. The SMILES string of the molecule is COC[C@@H]1CCCN1c1ccnc2c(Br)cc(F)cc12. The van der Waals surface area contributed by atoms with Crippen molar-refractivity contribution in [1.29, 1.82) is 0 Å². The molecule has 5 heteroatoms. The van der Waals surface area contributed by atoms with Crippen LogP contribution in [-0.2, 0) is 4.74 Å². The van der Waals surface area contributed by atoms with E-state index in [0.29, 0.717) is 17.1 Å². The van der Waals surface area contributed by atoms with Crippen LogP contribution in [0.3, 0.4) is 0 Å². The Bertz CT molecular complexity index is 635. The Balaban J connectivity index is 2.11. The molecule has 0 spiro atoms. The van der Waals surface area contributed by atoms with Gasteiger partial charge in [0.2, 0.25) is 0 Å². The molecule has 0 radical (unpaired) electrons. The molecule has 1 aromatic carbocycles. The lowest BCUT2D eigenvalue weighted by Gasteiger charge is -2.27. The number of nitrogens with zero attached hydrogens (tertiary/aromatic N) is 2. The molecule has 1 atom stereocenters. The molecule has 1 saturated heterocycles. The maximum absolute atomic E-state index is 13.7. The molecule has 0 saturated carbocycles. The molecule has 0 N–H and O–H groups in total. The van der Waals surface area contributed by atoms with Gasteiger partial charge < -0.3 is 9.64 Å². The molecule has 3 rings (SSSR count). The van der Waals surface area contributed by atoms with Gasteiger partial charge in [-0.05, 0) is 47.0 Å². The van der Waals surface area contributed by atoms with E-state index >= 15 is 0 Å². The number of rotatable bonds is 3. The van der Waals surface area contributed by atoms with Gasteiger partial charge in [-0.3, -0.25) is 4.98 Å². The largest absolute Gasteiger partial charge is 0.383 e. The van der Waals surface area contributed by atoms with Crippen LogP contribution in [0.4, 0.5) is 10.1 Å². The van der Waals surface area contributed by atoms with E-state index in [1.807, 2.05) is 6.07 Å². The molecule has 0 unspecified atom stereocenters. The smallest absolute Gasteiger partial charge is 0.125 e. The first-order valence-electron chi connectivity index (χ1n) is 6.70. The van der Waals surface area contributed by atoms with Gasteiger partial charge in [-0.1, -0.05) is 0 Å². The highest BCUT2D eigenvalue weighted by atomic mass is 79.9. The maximum Gasteiger partial charge on any atom is 0.125 e. The number of aromatic nitrogens is 1. The normalized spacial score (nSPS) is 18.9. The van der Waals surface area contributed by atoms with E-state index in [0.717, 1.165) is 36.0 Å². The van der Waals surface area contributed by atoms with Gasteiger partial charge in [0, 0.05) is 35.4 Å². The molecular weight excluding hydrogens is 323 g/mol. The highest BCUT2D eigenvalue weighted by Crippen LogP contribution is 2.34. The summed E-state index contributed by atoms with van der Waals surface area (Å²) in [5.41, 5.74) is 1.83. The van der Waals surface area contributed by atoms with Crippen LogP contribution in [0.5, 0.6) is 0 Å². The van der Waals surface area contributed by atoms with Crippen LogP contribution in [-0.4, -0.2) is 31.3 Å². The van der Waals surface area contributed by atoms with Crippen molar-refractivity contribution in [2.45, 2.75) is 18.9 Å². The summed E-state index contributed by atoms with van der Waals surface area (Å²) in [6, 6.07) is 5.33. The van der Waals surface area contributed by atoms with Gasteiger partial charge >= 0.3 is 0 Å². The number of benzene rings is 1. The minimum Gasteiger partial charge on any atom is -0.383 e. The number of pyridine rings is 1. The van der Waals surface area contributed by atoms with Gasteiger partial charge in [-0.2, -0.15) is 0 Å². The Morgan fingerprint density at radius 2 is 2.35 bits per heavy atom. The van der Waals surface area contributed by atoms with Crippen molar-refractivity contribution < 1.29 is 9.13 Å². The fraction of sp³-hybridized carbons (Fsp3) is 0.400. The van der Waals surface area contributed by atoms with E-state index in [1.165, 1.54) is 6.07 Å². The second kappa shape index (κ2) is 5.66. The van der Waals surface area contributed by atoms with Crippen LogP contribution in [0, 0.1) is 5.82 Å². The topological polar surface area (TPSA) is 25.4 Å². The van der Waals surface area contributed by atoms with Crippen LogP contribution in [0.15, 0.2) is 28.9 Å². The molecule has 1 aliphatic rings. The first-order chi connectivity index (χ1) is 9.70. The molecule has 0 amide bonds. The zero-order chi connectivity index (χ0) is 14.1. The van der Waals surface area contributed by atoms with Gasteiger partial charge in [0.25, 0.3) is 0 Å². The molecule has 1 aromatic heterocycles. The molecule has 2 aromatic rings. The third-order valence-electron chi connectivity index (χ3n) is 3.79. The van der Waals surface area contributed by atoms with Crippen LogP contribution in [0.25, 0.3) is 10.9 Å². The van der Waals surface area contributed by atoms with Crippen molar-refractivity contribution >= 4 is 32.5 Å². The van der Waals surface area contributed by atoms with Crippen molar-refractivity contribution in [3.05, 3.63) is 34.7 Å².